The fourth-order valence-corrected chi connectivity index (χ4v) is 2.71. The number of benzene rings is 1. The van der Waals surface area contributed by atoms with Crippen LogP contribution >= 0.6 is 0 Å². The molecular weight excluding hydrogens is 388 g/mol. The van der Waals surface area contributed by atoms with Gasteiger partial charge in [0.2, 0.25) is 11.8 Å². The number of hydrogen-bond donors (Lipinski definition) is 4. The van der Waals surface area contributed by atoms with Crippen LogP contribution in [-0.4, -0.2) is 29.3 Å². The van der Waals surface area contributed by atoms with E-state index < -0.39 is 11.8 Å². The van der Waals surface area contributed by atoms with Crippen molar-refractivity contribution in [3.05, 3.63) is 54.1 Å². The fourth-order valence-electron chi connectivity index (χ4n) is 2.71. The summed E-state index contributed by atoms with van der Waals surface area (Å²) in [5.74, 6) is 0.113. The molecule has 2 aromatic heterocycles. The van der Waals surface area contributed by atoms with E-state index in [-0.39, 0.29) is 25.3 Å². The Bertz CT molecular complexity index is 1010. The molecule has 9 nitrogen and oxygen atoms in total. The lowest BCUT2D eigenvalue weighted by Crippen LogP contribution is -2.42. The molecule has 3 rings (SSSR count). The number of carbonyl (C=O) groups excluding carboxylic acids is 3. The Morgan fingerprint density at radius 3 is 2.67 bits per heavy atom. The van der Waals surface area contributed by atoms with Crippen molar-refractivity contribution < 1.29 is 23.5 Å². The maximum Gasteiger partial charge on any atom is 0.286 e. The maximum absolute atomic E-state index is 12.3. The molecule has 30 heavy (non-hydrogen) atoms. The molecule has 0 aliphatic carbocycles. The highest BCUT2D eigenvalue weighted by Crippen LogP contribution is 2.21. The van der Waals surface area contributed by atoms with Crippen LogP contribution in [0.4, 0.5) is 0 Å². The molecule has 4 N–H and O–H groups in total. The van der Waals surface area contributed by atoms with Crippen molar-refractivity contribution in [3.8, 4) is 5.75 Å². The van der Waals surface area contributed by atoms with Crippen LogP contribution in [0.3, 0.4) is 0 Å². The summed E-state index contributed by atoms with van der Waals surface area (Å²) in [6.45, 7) is 2.91. The summed E-state index contributed by atoms with van der Waals surface area (Å²) in [5.41, 5.74) is 5.73. The Morgan fingerprint density at radius 2 is 1.90 bits per heavy atom. The quantitative estimate of drug-likeness (QED) is 0.402. The number of nitrogens with one attached hydrogen (secondary N) is 4. The predicted octanol–water partition coefficient (Wildman–Crippen LogP) is 2.41. The zero-order chi connectivity index (χ0) is 21.3. The van der Waals surface area contributed by atoms with Crippen molar-refractivity contribution in [2.45, 2.75) is 32.7 Å². The molecule has 0 saturated carbocycles. The molecule has 0 radical (unpaired) electrons. The number of ether oxygens (including phenoxy) is 1. The van der Waals surface area contributed by atoms with Crippen LogP contribution in [-0.2, 0) is 16.1 Å². The van der Waals surface area contributed by atoms with Gasteiger partial charge in [-0.25, -0.2) is 0 Å². The molecule has 2 heterocycles. The Balaban J connectivity index is 1.43. The first-order valence-corrected chi connectivity index (χ1v) is 9.69. The minimum atomic E-state index is -0.488. The lowest BCUT2D eigenvalue weighted by Gasteiger charge is -2.06. The number of aromatic nitrogens is 1. The largest absolute Gasteiger partial charge is 0.494 e. The second kappa shape index (κ2) is 10.1. The Kier molecular flexibility index (Phi) is 7.09. The van der Waals surface area contributed by atoms with Crippen molar-refractivity contribution in [1.29, 1.82) is 0 Å². The molecule has 0 atom stereocenters. The minimum absolute atomic E-state index is 0.00463. The lowest BCUT2D eigenvalue weighted by molar-refractivity contribution is -0.126. The molecule has 9 heteroatoms. The van der Waals surface area contributed by atoms with E-state index in [1.807, 2.05) is 25.1 Å². The number of carbonyl (C=O) groups is 3. The van der Waals surface area contributed by atoms with Gasteiger partial charge in [-0.15, -0.1) is 0 Å². The highest BCUT2D eigenvalue weighted by Gasteiger charge is 2.12. The SMILES string of the molecule is CCCOc1ccc2[nH]c(C(=O)NNC(=O)CCC(=O)NCc3ccco3)cc2c1. The van der Waals surface area contributed by atoms with E-state index in [0.29, 0.717) is 18.1 Å². The van der Waals surface area contributed by atoms with Gasteiger partial charge in [0.15, 0.2) is 0 Å². The lowest BCUT2D eigenvalue weighted by atomic mass is 10.2. The van der Waals surface area contributed by atoms with E-state index >= 15 is 0 Å². The predicted molar refractivity (Wildman–Crippen MR) is 109 cm³/mol. The zero-order valence-corrected chi connectivity index (χ0v) is 16.6. The van der Waals surface area contributed by atoms with Crippen LogP contribution in [0.25, 0.3) is 10.9 Å². The van der Waals surface area contributed by atoms with Crippen molar-refractivity contribution in [2.75, 3.05) is 6.61 Å². The first kappa shape index (κ1) is 21.0. The van der Waals surface area contributed by atoms with E-state index in [9.17, 15) is 14.4 Å². The van der Waals surface area contributed by atoms with Crippen LogP contribution in [0.2, 0.25) is 0 Å². The van der Waals surface area contributed by atoms with Gasteiger partial charge in [-0.2, -0.15) is 0 Å². The zero-order valence-electron chi connectivity index (χ0n) is 16.6. The molecular formula is C21H24N4O5. The summed E-state index contributed by atoms with van der Waals surface area (Å²) >= 11 is 0. The molecule has 0 spiro atoms. The highest BCUT2D eigenvalue weighted by atomic mass is 16.5. The molecule has 0 unspecified atom stereocenters. The van der Waals surface area contributed by atoms with Gasteiger partial charge in [-0.1, -0.05) is 6.92 Å². The smallest absolute Gasteiger partial charge is 0.286 e. The summed E-state index contributed by atoms with van der Waals surface area (Å²) in [6, 6.07) is 10.7. The van der Waals surface area contributed by atoms with Crippen LogP contribution in [0.1, 0.15) is 42.4 Å². The summed E-state index contributed by atoms with van der Waals surface area (Å²) < 4.78 is 10.7. The first-order chi connectivity index (χ1) is 14.5. The van der Waals surface area contributed by atoms with Gasteiger partial charge in [0, 0.05) is 23.7 Å². The average molecular weight is 412 g/mol. The number of hydrazine groups is 1. The number of rotatable bonds is 9. The van der Waals surface area contributed by atoms with Gasteiger partial charge in [0.25, 0.3) is 5.91 Å². The van der Waals surface area contributed by atoms with Gasteiger partial charge in [-0.05, 0) is 42.8 Å². The molecule has 3 amide bonds. The van der Waals surface area contributed by atoms with E-state index in [4.69, 9.17) is 9.15 Å². The minimum Gasteiger partial charge on any atom is -0.494 e. The average Bonchev–Trinajstić information content (AvgIpc) is 3.42. The third-order valence-corrected chi connectivity index (χ3v) is 4.24. The topological polar surface area (TPSA) is 125 Å². The summed E-state index contributed by atoms with van der Waals surface area (Å²) in [6.07, 6.45) is 2.36. The van der Waals surface area contributed by atoms with Crippen LogP contribution in [0.5, 0.6) is 5.75 Å². The van der Waals surface area contributed by atoms with Gasteiger partial charge in [0.05, 0.1) is 19.4 Å². The van der Waals surface area contributed by atoms with Crippen LogP contribution in [0.15, 0.2) is 47.1 Å². The van der Waals surface area contributed by atoms with E-state index in [1.165, 1.54) is 6.26 Å². The molecule has 158 valence electrons. The van der Waals surface area contributed by atoms with Crippen molar-refractivity contribution in [1.82, 2.24) is 21.2 Å². The molecule has 0 bridgehead atoms. The molecule has 0 fully saturated rings. The monoisotopic (exact) mass is 412 g/mol. The summed E-state index contributed by atoms with van der Waals surface area (Å²) in [4.78, 5) is 38.9. The Morgan fingerprint density at radius 1 is 1.07 bits per heavy atom. The Hall–Kier alpha value is -3.75. The third-order valence-electron chi connectivity index (χ3n) is 4.24. The van der Waals surface area contributed by atoms with Crippen molar-refractivity contribution in [3.63, 3.8) is 0 Å². The van der Waals surface area contributed by atoms with Crippen LogP contribution in [0, 0.1) is 0 Å². The second-order valence-electron chi connectivity index (χ2n) is 6.64. The molecule has 1 aromatic carbocycles. The Labute approximate surface area is 173 Å². The standard InChI is InChI=1S/C21H24N4O5/c1-2-9-29-15-5-6-17-14(11-15)12-18(23-17)21(28)25-24-20(27)8-7-19(26)22-13-16-4-3-10-30-16/h3-6,10-12,23H,2,7-9,13H2,1H3,(H,22,26)(H,24,27)(H,25,28). The molecule has 0 aliphatic heterocycles. The van der Waals surface area contributed by atoms with Gasteiger partial charge in [-0.3, -0.25) is 25.2 Å². The van der Waals surface area contributed by atoms with Gasteiger partial charge < -0.3 is 19.5 Å². The number of amides is 3. The van der Waals surface area contributed by atoms with Gasteiger partial charge in [0.1, 0.15) is 17.2 Å². The molecule has 3 aromatic rings. The summed E-state index contributed by atoms with van der Waals surface area (Å²) in [5, 5.41) is 3.48. The number of furan rings is 1. The highest BCUT2D eigenvalue weighted by molar-refractivity contribution is 5.99. The summed E-state index contributed by atoms with van der Waals surface area (Å²) in [7, 11) is 0. The van der Waals surface area contributed by atoms with Crippen LogP contribution < -0.4 is 20.9 Å². The van der Waals surface area contributed by atoms with E-state index in [2.05, 4.69) is 21.2 Å². The number of H-pyrrole nitrogens is 1. The number of fused-ring (bicyclic) bond motifs is 1. The number of hydrogen-bond acceptors (Lipinski definition) is 5. The first-order valence-electron chi connectivity index (χ1n) is 9.69. The third kappa shape index (κ3) is 5.87. The van der Waals surface area contributed by atoms with E-state index in [0.717, 1.165) is 23.1 Å². The second-order valence-corrected chi connectivity index (χ2v) is 6.64. The van der Waals surface area contributed by atoms with E-state index in [1.54, 1.807) is 18.2 Å². The maximum atomic E-state index is 12.3. The van der Waals surface area contributed by atoms with Gasteiger partial charge >= 0.3 is 0 Å². The fraction of sp³-hybridized carbons (Fsp3) is 0.286. The normalized spacial score (nSPS) is 10.6. The van der Waals surface area contributed by atoms with Crippen molar-refractivity contribution >= 4 is 28.6 Å². The van der Waals surface area contributed by atoms with Crippen molar-refractivity contribution in [2.24, 2.45) is 0 Å². The molecule has 0 saturated heterocycles. The molecule has 0 aliphatic rings. The number of aromatic amines is 1.